The number of methoxy groups -OCH3 is 1. The number of thiophene rings is 1. The van der Waals surface area contributed by atoms with E-state index in [0.717, 1.165) is 10.4 Å². The highest BCUT2D eigenvalue weighted by Crippen LogP contribution is 2.31. The van der Waals surface area contributed by atoms with Crippen molar-refractivity contribution >= 4 is 39.1 Å². The fraction of sp³-hybridized carbons (Fsp3) is 0.150. The molecule has 0 fully saturated rings. The lowest BCUT2D eigenvalue weighted by atomic mass is 10.2. The Bertz CT molecular complexity index is 1240. The maximum atomic E-state index is 12.9. The Kier molecular flexibility index (Phi) is 4.78. The van der Waals surface area contributed by atoms with E-state index in [4.69, 9.17) is 20.8 Å². The van der Waals surface area contributed by atoms with Gasteiger partial charge in [-0.2, -0.15) is 0 Å². The molecule has 0 amide bonds. The first kappa shape index (κ1) is 18.5. The average molecular weight is 415 g/mol. The quantitative estimate of drug-likeness (QED) is 0.459. The summed E-state index contributed by atoms with van der Waals surface area (Å²) in [5.41, 5.74) is 1.80. The largest absolute Gasteiger partial charge is 0.465 e. The zero-order chi connectivity index (χ0) is 19.8. The number of aryl methyl sites for hydroxylation is 1. The third kappa shape index (κ3) is 3.34. The molecule has 4 aromatic rings. The zero-order valence-electron chi connectivity index (χ0n) is 15.1. The van der Waals surface area contributed by atoms with Crippen LogP contribution in [0.1, 0.15) is 21.9 Å². The molecule has 0 aliphatic heterocycles. The van der Waals surface area contributed by atoms with Crippen molar-refractivity contribution in [1.82, 2.24) is 9.55 Å². The topological polar surface area (TPSA) is 74.3 Å². The predicted octanol–water partition coefficient (Wildman–Crippen LogP) is 4.51. The Balaban J connectivity index is 1.69. The van der Waals surface area contributed by atoms with Crippen LogP contribution < -0.4 is 5.56 Å². The number of halogens is 1. The van der Waals surface area contributed by atoms with Gasteiger partial charge in [0.2, 0.25) is 0 Å². The number of ether oxygens (including phenoxy) is 1. The summed E-state index contributed by atoms with van der Waals surface area (Å²) in [5, 5.41) is 0.658. The van der Waals surface area contributed by atoms with Crippen molar-refractivity contribution in [3.05, 3.63) is 75.2 Å². The Morgan fingerprint density at radius 1 is 1.29 bits per heavy atom. The molecule has 0 bridgehead atoms. The standard InChI is InChI=1S/C20H15ClN2O4S/c1-11-15(20(25)26-2)7-14(27-11)9-23-10-22-16-8-17(28-18(16)19(23)24)12-3-5-13(21)6-4-12/h3-8,10H,9H2,1-2H3. The van der Waals surface area contributed by atoms with Gasteiger partial charge in [-0.25, -0.2) is 9.78 Å². The van der Waals surface area contributed by atoms with Crippen LogP contribution in [0.2, 0.25) is 5.02 Å². The Hall–Kier alpha value is -2.90. The van der Waals surface area contributed by atoms with Gasteiger partial charge in [-0.3, -0.25) is 9.36 Å². The van der Waals surface area contributed by atoms with E-state index in [1.54, 1.807) is 13.0 Å². The number of hydrogen-bond donors (Lipinski definition) is 0. The molecule has 8 heteroatoms. The summed E-state index contributed by atoms with van der Waals surface area (Å²) in [5.74, 6) is 0.458. The summed E-state index contributed by atoms with van der Waals surface area (Å²) in [4.78, 5) is 30.0. The first-order valence-corrected chi connectivity index (χ1v) is 9.58. The Morgan fingerprint density at radius 3 is 2.75 bits per heavy atom. The van der Waals surface area contributed by atoms with Gasteiger partial charge in [0, 0.05) is 9.90 Å². The van der Waals surface area contributed by atoms with Gasteiger partial charge >= 0.3 is 5.97 Å². The number of nitrogens with zero attached hydrogens (tertiary/aromatic N) is 2. The van der Waals surface area contributed by atoms with E-state index in [1.807, 2.05) is 30.3 Å². The molecular weight excluding hydrogens is 400 g/mol. The van der Waals surface area contributed by atoms with E-state index < -0.39 is 5.97 Å². The molecule has 142 valence electrons. The smallest absolute Gasteiger partial charge is 0.341 e. The lowest BCUT2D eigenvalue weighted by Gasteiger charge is -2.02. The van der Waals surface area contributed by atoms with Crippen LogP contribution in [0.3, 0.4) is 0 Å². The number of benzene rings is 1. The zero-order valence-corrected chi connectivity index (χ0v) is 16.6. The minimum Gasteiger partial charge on any atom is -0.465 e. The first-order valence-electron chi connectivity index (χ1n) is 8.39. The van der Waals surface area contributed by atoms with Gasteiger partial charge in [-0.1, -0.05) is 23.7 Å². The highest BCUT2D eigenvalue weighted by Gasteiger charge is 2.17. The van der Waals surface area contributed by atoms with Crippen molar-refractivity contribution in [3.8, 4) is 10.4 Å². The van der Waals surface area contributed by atoms with Crippen LogP contribution >= 0.6 is 22.9 Å². The summed E-state index contributed by atoms with van der Waals surface area (Å²) in [6.07, 6.45) is 1.48. The molecule has 4 rings (SSSR count). The number of carbonyl (C=O) groups excluding carboxylic acids is 1. The number of hydrogen-bond acceptors (Lipinski definition) is 6. The Labute approximate surface area is 169 Å². The molecule has 0 spiro atoms. The van der Waals surface area contributed by atoms with Gasteiger partial charge in [0.05, 0.1) is 25.5 Å². The van der Waals surface area contributed by atoms with Gasteiger partial charge in [0.25, 0.3) is 5.56 Å². The van der Waals surface area contributed by atoms with Gasteiger partial charge in [0.1, 0.15) is 21.8 Å². The van der Waals surface area contributed by atoms with Crippen molar-refractivity contribution in [2.75, 3.05) is 7.11 Å². The molecule has 0 N–H and O–H groups in total. The van der Waals surface area contributed by atoms with E-state index >= 15 is 0 Å². The molecule has 0 unspecified atom stereocenters. The molecule has 3 heterocycles. The fourth-order valence-corrected chi connectivity index (χ4v) is 4.11. The summed E-state index contributed by atoms with van der Waals surface area (Å²) in [7, 11) is 1.31. The van der Waals surface area contributed by atoms with E-state index in [9.17, 15) is 9.59 Å². The van der Waals surface area contributed by atoms with Crippen LogP contribution in [0, 0.1) is 6.92 Å². The number of carbonyl (C=O) groups is 1. The van der Waals surface area contributed by atoms with Gasteiger partial charge in [-0.15, -0.1) is 11.3 Å². The molecule has 0 saturated heterocycles. The van der Waals surface area contributed by atoms with E-state index in [2.05, 4.69) is 4.98 Å². The van der Waals surface area contributed by atoms with Crippen LogP contribution in [0.15, 0.2) is 51.9 Å². The highest BCUT2D eigenvalue weighted by atomic mass is 35.5. The van der Waals surface area contributed by atoms with Crippen molar-refractivity contribution in [2.24, 2.45) is 0 Å². The first-order chi connectivity index (χ1) is 13.5. The molecule has 0 atom stereocenters. The Morgan fingerprint density at radius 2 is 2.04 bits per heavy atom. The third-order valence-corrected chi connectivity index (χ3v) is 5.75. The monoisotopic (exact) mass is 414 g/mol. The molecule has 28 heavy (non-hydrogen) atoms. The third-order valence-electron chi connectivity index (χ3n) is 4.33. The van der Waals surface area contributed by atoms with Crippen molar-refractivity contribution in [3.63, 3.8) is 0 Å². The van der Waals surface area contributed by atoms with E-state index in [-0.39, 0.29) is 12.1 Å². The summed E-state index contributed by atoms with van der Waals surface area (Å²) < 4.78 is 12.3. The van der Waals surface area contributed by atoms with E-state index in [0.29, 0.717) is 32.3 Å². The second-order valence-electron chi connectivity index (χ2n) is 6.18. The van der Waals surface area contributed by atoms with Gasteiger partial charge in [0.15, 0.2) is 0 Å². The molecule has 0 radical (unpaired) electrons. The average Bonchev–Trinajstić information content (AvgIpc) is 3.28. The minimum atomic E-state index is -0.473. The highest BCUT2D eigenvalue weighted by molar-refractivity contribution is 7.22. The van der Waals surface area contributed by atoms with Crippen LogP contribution in [0.5, 0.6) is 0 Å². The van der Waals surface area contributed by atoms with Gasteiger partial charge < -0.3 is 9.15 Å². The SMILES string of the molecule is COC(=O)c1cc(Cn2cnc3cc(-c4ccc(Cl)cc4)sc3c2=O)oc1C. The number of furan rings is 1. The maximum absolute atomic E-state index is 12.9. The number of aromatic nitrogens is 2. The van der Waals surface area contributed by atoms with Crippen molar-refractivity contribution in [2.45, 2.75) is 13.5 Å². The fourth-order valence-electron chi connectivity index (χ4n) is 2.92. The van der Waals surface area contributed by atoms with Crippen LogP contribution in [0.4, 0.5) is 0 Å². The number of esters is 1. The van der Waals surface area contributed by atoms with Gasteiger partial charge in [-0.05, 0) is 36.8 Å². The number of rotatable bonds is 4. The minimum absolute atomic E-state index is 0.163. The summed E-state index contributed by atoms with van der Waals surface area (Å²) in [6, 6.07) is 10.9. The predicted molar refractivity (Wildman–Crippen MR) is 108 cm³/mol. The number of fused-ring (bicyclic) bond motifs is 1. The molecule has 6 nitrogen and oxygen atoms in total. The molecular formula is C20H15ClN2O4S. The normalized spacial score (nSPS) is 11.1. The second-order valence-corrected chi connectivity index (χ2v) is 7.67. The molecule has 1 aromatic carbocycles. The molecule has 0 aliphatic carbocycles. The lowest BCUT2D eigenvalue weighted by Crippen LogP contribution is -2.19. The van der Waals surface area contributed by atoms with Crippen molar-refractivity contribution in [1.29, 1.82) is 0 Å². The second kappa shape index (κ2) is 7.26. The van der Waals surface area contributed by atoms with E-state index in [1.165, 1.54) is 29.3 Å². The lowest BCUT2D eigenvalue weighted by molar-refractivity contribution is 0.0599. The molecule has 0 saturated carbocycles. The van der Waals surface area contributed by atoms with Crippen LogP contribution in [-0.2, 0) is 11.3 Å². The van der Waals surface area contributed by atoms with Crippen LogP contribution in [0.25, 0.3) is 20.7 Å². The van der Waals surface area contributed by atoms with Crippen LogP contribution in [-0.4, -0.2) is 22.6 Å². The summed E-state index contributed by atoms with van der Waals surface area (Å²) >= 11 is 7.32. The molecule has 0 aliphatic rings. The van der Waals surface area contributed by atoms with Crippen molar-refractivity contribution < 1.29 is 13.9 Å². The maximum Gasteiger partial charge on any atom is 0.341 e. The molecule has 3 aromatic heterocycles. The summed E-state index contributed by atoms with van der Waals surface area (Å²) in [6.45, 7) is 1.85.